The standard InChI is InChI=1S/C14H28N4O/c1-2-17-8-10-18(11-9-17)7-5-14(19)16-12-13-4-3-6-15-13/h13,15H,2-12H2,1H3,(H,16,19). The average molecular weight is 268 g/mol. The van der Waals surface area contributed by atoms with Crippen LogP contribution in [0.2, 0.25) is 0 Å². The Hall–Kier alpha value is -0.650. The monoisotopic (exact) mass is 268 g/mol. The number of nitrogens with zero attached hydrogens (tertiary/aromatic N) is 2. The highest BCUT2D eigenvalue weighted by Gasteiger charge is 2.17. The second kappa shape index (κ2) is 7.82. The summed E-state index contributed by atoms with van der Waals surface area (Å²) in [6, 6.07) is 0.497. The molecule has 2 N–H and O–H groups in total. The summed E-state index contributed by atoms with van der Waals surface area (Å²) in [5.41, 5.74) is 0. The van der Waals surface area contributed by atoms with Crippen LogP contribution in [0.5, 0.6) is 0 Å². The molecule has 0 aromatic rings. The van der Waals surface area contributed by atoms with Crippen LogP contribution in [0.1, 0.15) is 26.2 Å². The van der Waals surface area contributed by atoms with Crippen LogP contribution in [0.15, 0.2) is 0 Å². The second-order valence-electron chi connectivity index (χ2n) is 5.62. The van der Waals surface area contributed by atoms with Crippen molar-refractivity contribution in [2.45, 2.75) is 32.2 Å². The highest BCUT2D eigenvalue weighted by Crippen LogP contribution is 2.04. The number of amides is 1. The zero-order valence-electron chi connectivity index (χ0n) is 12.2. The molecule has 0 spiro atoms. The summed E-state index contributed by atoms with van der Waals surface area (Å²) in [6.45, 7) is 10.6. The van der Waals surface area contributed by atoms with Crippen molar-refractivity contribution in [2.75, 3.05) is 52.4 Å². The third-order valence-electron chi connectivity index (χ3n) is 4.28. The number of piperazine rings is 1. The van der Waals surface area contributed by atoms with Gasteiger partial charge in [-0.05, 0) is 25.9 Å². The van der Waals surface area contributed by atoms with Gasteiger partial charge in [0.05, 0.1) is 0 Å². The Bertz CT molecular complexity index is 271. The zero-order valence-corrected chi connectivity index (χ0v) is 12.2. The molecule has 5 heteroatoms. The first-order chi connectivity index (χ1) is 9.28. The minimum absolute atomic E-state index is 0.201. The Morgan fingerprint density at radius 1 is 1.26 bits per heavy atom. The van der Waals surface area contributed by atoms with E-state index in [1.165, 1.54) is 12.8 Å². The van der Waals surface area contributed by atoms with Crippen LogP contribution in [0.3, 0.4) is 0 Å². The summed E-state index contributed by atoms with van der Waals surface area (Å²) in [6.07, 6.45) is 3.07. The molecule has 19 heavy (non-hydrogen) atoms. The number of nitrogens with one attached hydrogen (secondary N) is 2. The Labute approximate surface area is 116 Å². The average Bonchev–Trinajstić information content (AvgIpc) is 2.96. The fourth-order valence-electron chi connectivity index (χ4n) is 2.85. The number of carbonyl (C=O) groups excluding carboxylic acids is 1. The van der Waals surface area contributed by atoms with E-state index in [1.54, 1.807) is 0 Å². The van der Waals surface area contributed by atoms with Crippen molar-refractivity contribution >= 4 is 5.91 Å². The maximum Gasteiger partial charge on any atom is 0.221 e. The number of carbonyl (C=O) groups is 1. The highest BCUT2D eigenvalue weighted by atomic mass is 16.1. The molecule has 1 atom stereocenters. The lowest BCUT2D eigenvalue weighted by molar-refractivity contribution is -0.121. The summed E-state index contributed by atoms with van der Waals surface area (Å²) >= 11 is 0. The largest absolute Gasteiger partial charge is 0.354 e. The van der Waals surface area contributed by atoms with Gasteiger partial charge in [0, 0.05) is 51.7 Å². The van der Waals surface area contributed by atoms with Gasteiger partial charge in [-0.3, -0.25) is 4.79 Å². The Morgan fingerprint density at radius 3 is 2.63 bits per heavy atom. The molecule has 1 amide bonds. The molecule has 2 heterocycles. The van der Waals surface area contributed by atoms with Crippen LogP contribution in [-0.2, 0) is 4.79 Å². The van der Waals surface area contributed by atoms with Gasteiger partial charge < -0.3 is 20.4 Å². The van der Waals surface area contributed by atoms with Crippen molar-refractivity contribution in [2.24, 2.45) is 0 Å². The maximum atomic E-state index is 11.8. The molecule has 1 unspecified atom stereocenters. The SMILES string of the molecule is CCN1CCN(CCC(=O)NCC2CCCN2)CC1. The van der Waals surface area contributed by atoms with Crippen molar-refractivity contribution in [1.82, 2.24) is 20.4 Å². The smallest absolute Gasteiger partial charge is 0.221 e. The van der Waals surface area contributed by atoms with E-state index in [4.69, 9.17) is 0 Å². The molecule has 0 radical (unpaired) electrons. The zero-order chi connectivity index (χ0) is 13.5. The van der Waals surface area contributed by atoms with Gasteiger partial charge in [0.1, 0.15) is 0 Å². The molecule has 2 rings (SSSR count). The van der Waals surface area contributed by atoms with E-state index in [0.717, 1.165) is 52.4 Å². The van der Waals surface area contributed by atoms with Gasteiger partial charge in [-0.15, -0.1) is 0 Å². The van der Waals surface area contributed by atoms with Crippen molar-refractivity contribution in [1.29, 1.82) is 0 Å². The molecule has 5 nitrogen and oxygen atoms in total. The highest BCUT2D eigenvalue weighted by molar-refractivity contribution is 5.76. The molecule has 0 bridgehead atoms. The van der Waals surface area contributed by atoms with Crippen LogP contribution in [0, 0.1) is 0 Å². The molecule has 2 aliphatic rings. The fourth-order valence-corrected chi connectivity index (χ4v) is 2.85. The number of rotatable bonds is 6. The van der Waals surface area contributed by atoms with Gasteiger partial charge in [0.2, 0.25) is 5.91 Å². The van der Waals surface area contributed by atoms with Gasteiger partial charge in [-0.25, -0.2) is 0 Å². The molecule has 2 aliphatic heterocycles. The summed E-state index contributed by atoms with van der Waals surface area (Å²) in [5.74, 6) is 0.201. The van der Waals surface area contributed by atoms with Gasteiger partial charge in [-0.1, -0.05) is 6.92 Å². The minimum Gasteiger partial charge on any atom is -0.354 e. The van der Waals surface area contributed by atoms with Gasteiger partial charge in [0.15, 0.2) is 0 Å². The second-order valence-corrected chi connectivity index (χ2v) is 5.62. The fraction of sp³-hybridized carbons (Fsp3) is 0.929. The van der Waals surface area contributed by atoms with E-state index in [-0.39, 0.29) is 5.91 Å². The Morgan fingerprint density at radius 2 is 2.00 bits per heavy atom. The molecule has 2 fully saturated rings. The lowest BCUT2D eigenvalue weighted by atomic mass is 10.2. The lowest BCUT2D eigenvalue weighted by Gasteiger charge is -2.33. The van der Waals surface area contributed by atoms with Crippen molar-refractivity contribution in [3.05, 3.63) is 0 Å². The van der Waals surface area contributed by atoms with Gasteiger partial charge in [0.25, 0.3) is 0 Å². The number of likely N-dealkylation sites (N-methyl/N-ethyl adjacent to an activating group) is 1. The Kier molecular flexibility index (Phi) is 6.07. The van der Waals surface area contributed by atoms with Crippen LogP contribution >= 0.6 is 0 Å². The van der Waals surface area contributed by atoms with Crippen molar-refractivity contribution in [3.8, 4) is 0 Å². The molecule has 0 aromatic carbocycles. The summed E-state index contributed by atoms with van der Waals surface area (Å²) < 4.78 is 0. The molecule has 2 saturated heterocycles. The predicted octanol–water partition coefficient (Wildman–Crippen LogP) is -0.118. The summed E-state index contributed by atoms with van der Waals surface area (Å²) in [4.78, 5) is 16.6. The third kappa shape index (κ3) is 5.09. The molecule has 0 aliphatic carbocycles. The van der Waals surface area contributed by atoms with E-state index >= 15 is 0 Å². The minimum atomic E-state index is 0.201. The van der Waals surface area contributed by atoms with Crippen molar-refractivity contribution < 1.29 is 4.79 Å². The third-order valence-corrected chi connectivity index (χ3v) is 4.28. The molecule has 0 saturated carbocycles. The molecular formula is C14H28N4O. The molecule has 110 valence electrons. The van der Waals surface area contributed by atoms with Crippen LogP contribution < -0.4 is 10.6 Å². The quantitative estimate of drug-likeness (QED) is 0.705. The van der Waals surface area contributed by atoms with E-state index in [9.17, 15) is 4.79 Å². The summed E-state index contributed by atoms with van der Waals surface area (Å²) in [7, 11) is 0. The predicted molar refractivity (Wildman–Crippen MR) is 77.2 cm³/mol. The van der Waals surface area contributed by atoms with Crippen LogP contribution in [0.25, 0.3) is 0 Å². The van der Waals surface area contributed by atoms with Crippen molar-refractivity contribution in [3.63, 3.8) is 0 Å². The van der Waals surface area contributed by atoms with Gasteiger partial charge >= 0.3 is 0 Å². The first kappa shape index (κ1) is 14.8. The van der Waals surface area contributed by atoms with Crippen LogP contribution in [-0.4, -0.2) is 74.1 Å². The number of hydrogen-bond acceptors (Lipinski definition) is 4. The van der Waals surface area contributed by atoms with Crippen LogP contribution in [0.4, 0.5) is 0 Å². The Balaban J connectivity index is 1.53. The normalized spacial score (nSPS) is 25.6. The van der Waals surface area contributed by atoms with E-state index in [0.29, 0.717) is 12.5 Å². The van der Waals surface area contributed by atoms with E-state index in [1.807, 2.05) is 0 Å². The molecular weight excluding hydrogens is 240 g/mol. The summed E-state index contributed by atoms with van der Waals surface area (Å²) in [5, 5.41) is 6.44. The first-order valence-electron chi connectivity index (χ1n) is 7.72. The number of hydrogen-bond donors (Lipinski definition) is 2. The topological polar surface area (TPSA) is 47.6 Å². The molecule has 0 aromatic heterocycles. The maximum absolute atomic E-state index is 11.8. The van der Waals surface area contributed by atoms with Gasteiger partial charge in [-0.2, -0.15) is 0 Å². The lowest BCUT2D eigenvalue weighted by Crippen LogP contribution is -2.47. The van der Waals surface area contributed by atoms with E-state index < -0.39 is 0 Å². The first-order valence-corrected chi connectivity index (χ1v) is 7.72. The van der Waals surface area contributed by atoms with E-state index in [2.05, 4.69) is 27.4 Å².